The van der Waals surface area contributed by atoms with Crippen LogP contribution in [0.1, 0.15) is 10.4 Å². The zero-order valence-electron chi connectivity index (χ0n) is 15.1. The minimum Gasteiger partial charge on any atom is -0.493 e. The third-order valence-electron chi connectivity index (χ3n) is 3.86. The van der Waals surface area contributed by atoms with Gasteiger partial charge in [0.15, 0.2) is 23.1 Å². The molecule has 1 heterocycles. The van der Waals surface area contributed by atoms with Crippen molar-refractivity contribution in [3.63, 3.8) is 0 Å². The van der Waals surface area contributed by atoms with E-state index in [0.29, 0.717) is 17.2 Å². The maximum absolute atomic E-state index is 13.2. The van der Waals surface area contributed by atoms with Gasteiger partial charge in [-0.05, 0) is 42.5 Å². The van der Waals surface area contributed by atoms with Gasteiger partial charge >= 0.3 is 0 Å². The van der Waals surface area contributed by atoms with Crippen LogP contribution < -0.4 is 20.1 Å². The molecule has 0 bridgehead atoms. The molecule has 0 unspecified atom stereocenters. The number of hydrogen-bond donors (Lipinski definition) is 2. The molecule has 3 rings (SSSR count). The summed E-state index contributed by atoms with van der Waals surface area (Å²) in [7, 11) is 3.11. The first kappa shape index (κ1) is 19.1. The molecule has 0 saturated carbocycles. The van der Waals surface area contributed by atoms with Crippen LogP contribution in [0.4, 0.5) is 26.0 Å². The Morgan fingerprint density at radius 2 is 1.64 bits per heavy atom. The van der Waals surface area contributed by atoms with E-state index in [4.69, 9.17) is 9.47 Å². The fraction of sp³-hybridized carbons (Fsp3) is 0.100. The van der Waals surface area contributed by atoms with Gasteiger partial charge in [-0.2, -0.15) is 0 Å². The molecule has 28 heavy (non-hydrogen) atoms. The van der Waals surface area contributed by atoms with Crippen LogP contribution in [0.2, 0.25) is 0 Å². The number of benzene rings is 2. The zero-order valence-corrected chi connectivity index (χ0v) is 15.1. The van der Waals surface area contributed by atoms with Gasteiger partial charge in [-0.3, -0.25) is 4.79 Å². The van der Waals surface area contributed by atoms with Gasteiger partial charge in [-0.1, -0.05) is 0 Å². The molecule has 0 spiro atoms. The second kappa shape index (κ2) is 8.34. The van der Waals surface area contributed by atoms with Crippen molar-refractivity contribution in [2.24, 2.45) is 0 Å². The molecular formula is C20H17F2N3O3. The smallest absolute Gasteiger partial charge is 0.256 e. The number of methoxy groups -OCH3 is 2. The number of carbonyl (C=O) groups is 1. The molecule has 0 aliphatic carbocycles. The summed E-state index contributed by atoms with van der Waals surface area (Å²) in [6.45, 7) is 0. The highest BCUT2D eigenvalue weighted by atomic mass is 19.2. The normalized spacial score (nSPS) is 10.3. The second-order valence-corrected chi connectivity index (χ2v) is 5.71. The molecule has 3 aromatic rings. The van der Waals surface area contributed by atoms with E-state index in [9.17, 15) is 13.6 Å². The molecule has 0 aliphatic heterocycles. The monoisotopic (exact) mass is 385 g/mol. The number of hydrogen-bond acceptors (Lipinski definition) is 5. The van der Waals surface area contributed by atoms with Gasteiger partial charge in [0.05, 0.1) is 26.1 Å². The van der Waals surface area contributed by atoms with Gasteiger partial charge in [0.1, 0.15) is 5.82 Å². The van der Waals surface area contributed by atoms with E-state index in [1.54, 1.807) is 38.5 Å². The lowest BCUT2D eigenvalue weighted by atomic mass is 10.2. The van der Waals surface area contributed by atoms with Crippen LogP contribution in [0, 0.1) is 11.6 Å². The molecule has 144 valence electrons. The molecule has 6 nitrogen and oxygen atoms in total. The Morgan fingerprint density at radius 3 is 2.29 bits per heavy atom. The number of halogens is 2. The Hall–Kier alpha value is -3.68. The van der Waals surface area contributed by atoms with E-state index in [1.807, 2.05) is 6.07 Å². The SMILES string of the molecule is COc1ccc(Nc2ccc(NC(=O)c3ccc(F)c(F)c3)nc2)cc1OC. The molecule has 8 heteroatoms. The van der Waals surface area contributed by atoms with Crippen LogP contribution in [0.15, 0.2) is 54.7 Å². The van der Waals surface area contributed by atoms with Crippen molar-refractivity contribution < 1.29 is 23.0 Å². The van der Waals surface area contributed by atoms with Gasteiger partial charge in [0, 0.05) is 17.3 Å². The molecule has 2 N–H and O–H groups in total. The Balaban J connectivity index is 1.68. The quantitative estimate of drug-likeness (QED) is 0.659. The highest BCUT2D eigenvalue weighted by Crippen LogP contribution is 2.31. The average molecular weight is 385 g/mol. The number of pyridine rings is 1. The maximum Gasteiger partial charge on any atom is 0.256 e. The van der Waals surface area contributed by atoms with Crippen molar-refractivity contribution in [2.75, 3.05) is 24.9 Å². The van der Waals surface area contributed by atoms with Crippen molar-refractivity contribution >= 4 is 23.1 Å². The second-order valence-electron chi connectivity index (χ2n) is 5.71. The minimum absolute atomic E-state index is 0.00627. The first-order valence-electron chi connectivity index (χ1n) is 8.21. The summed E-state index contributed by atoms with van der Waals surface area (Å²) >= 11 is 0. The molecule has 0 saturated heterocycles. The van der Waals surface area contributed by atoms with Gasteiger partial charge < -0.3 is 20.1 Å². The molecule has 0 aliphatic rings. The summed E-state index contributed by atoms with van der Waals surface area (Å²) in [5, 5.41) is 5.68. The molecule has 1 aromatic heterocycles. The van der Waals surface area contributed by atoms with Crippen LogP contribution in [-0.4, -0.2) is 25.1 Å². The molecule has 0 radical (unpaired) electrons. The predicted octanol–water partition coefficient (Wildman–Crippen LogP) is 4.37. The summed E-state index contributed by atoms with van der Waals surface area (Å²) in [6, 6.07) is 11.6. The fourth-order valence-electron chi connectivity index (χ4n) is 2.45. The summed E-state index contributed by atoms with van der Waals surface area (Å²) < 4.78 is 36.7. The number of amides is 1. The lowest BCUT2D eigenvalue weighted by molar-refractivity contribution is 0.102. The van der Waals surface area contributed by atoms with E-state index in [0.717, 1.165) is 17.8 Å². The average Bonchev–Trinajstić information content (AvgIpc) is 2.71. The number of anilines is 3. The first-order valence-corrected chi connectivity index (χ1v) is 8.21. The van der Waals surface area contributed by atoms with E-state index in [2.05, 4.69) is 15.6 Å². The summed E-state index contributed by atoms with van der Waals surface area (Å²) in [5.74, 6) is -1.23. The maximum atomic E-state index is 13.2. The van der Waals surface area contributed by atoms with Gasteiger partial charge in [-0.25, -0.2) is 13.8 Å². The van der Waals surface area contributed by atoms with Crippen molar-refractivity contribution in [1.29, 1.82) is 0 Å². The van der Waals surface area contributed by atoms with Crippen LogP contribution in [0.25, 0.3) is 0 Å². The highest BCUT2D eigenvalue weighted by molar-refractivity contribution is 6.03. The Morgan fingerprint density at radius 1 is 0.893 bits per heavy atom. The Bertz CT molecular complexity index is 994. The zero-order chi connectivity index (χ0) is 20.1. The Kier molecular flexibility index (Phi) is 5.69. The molecule has 1 amide bonds. The third-order valence-corrected chi connectivity index (χ3v) is 3.86. The number of carbonyl (C=O) groups excluding carboxylic acids is 1. The lowest BCUT2D eigenvalue weighted by Gasteiger charge is -2.11. The van der Waals surface area contributed by atoms with Crippen LogP contribution >= 0.6 is 0 Å². The molecule has 2 aromatic carbocycles. The van der Waals surface area contributed by atoms with E-state index in [1.165, 1.54) is 12.3 Å². The molecular weight excluding hydrogens is 368 g/mol. The van der Waals surface area contributed by atoms with Crippen LogP contribution in [-0.2, 0) is 0 Å². The summed E-state index contributed by atoms with van der Waals surface area (Å²) in [5.41, 5.74) is 1.43. The molecule has 0 fully saturated rings. The number of aromatic nitrogens is 1. The number of ether oxygens (including phenoxy) is 2. The topological polar surface area (TPSA) is 72.5 Å². The summed E-state index contributed by atoms with van der Waals surface area (Å²) in [6.07, 6.45) is 1.53. The van der Waals surface area contributed by atoms with Gasteiger partial charge in [0.25, 0.3) is 5.91 Å². The van der Waals surface area contributed by atoms with E-state index < -0.39 is 17.5 Å². The third kappa shape index (κ3) is 4.35. The molecule has 0 atom stereocenters. The first-order chi connectivity index (χ1) is 13.5. The van der Waals surface area contributed by atoms with Gasteiger partial charge in [-0.15, -0.1) is 0 Å². The van der Waals surface area contributed by atoms with Gasteiger partial charge in [0.2, 0.25) is 0 Å². The highest BCUT2D eigenvalue weighted by Gasteiger charge is 2.11. The van der Waals surface area contributed by atoms with Crippen molar-refractivity contribution in [2.45, 2.75) is 0 Å². The largest absolute Gasteiger partial charge is 0.493 e. The minimum atomic E-state index is -1.09. The van der Waals surface area contributed by atoms with Crippen molar-refractivity contribution in [3.05, 3.63) is 71.9 Å². The fourth-order valence-corrected chi connectivity index (χ4v) is 2.45. The van der Waals surface area contributed by atoms with Crippen LogP contribution in [0.3, 0.4) is 0 Å². The van der Waals surface area contributed by atoms with E-state index >= 15 is 0 Å². The lowest BCUT2D eigenvalue weighted by Crippen LogP contribution is -2.13. The number of nitrogens with zero attached hydrogens (tertiary/aromatic N) is 1. The van der Waals surface area contributed by atoms with Crippen molar-refractivity contribution in [1.82, 2.24) is 4.98 Å². The number of rotatable bonds is 6. The van der Waals surface area contributed by atoms with Crippen LogP contribution in [0.5, 0.6) is 11.5 Å². The van der Waals surface area contributed by atoms with Crippen molar-refractivity contribution in [3.8, 4) is 11.5 Å². The number of nitrogens with one attached hydrogen (secondary N) is 2. The predicted molar refractivity (Wildman–Crippen MR) is 101 cm³/mol. The summed E-state index contributed by atoms with van der Waals surface area (Å²) in [4.78, 5) is 16.2. The standard InChI is InChI=1S/C20H17F2N3O3/c1-27-17-7-4-13(10-18(17)28-2)24-14-5-8-19(23-11-14)25-20(26)12-3-6-15(21)16(22)9-12/h3-11,24H,1-2H3,(H,23,25,26). The Labute approximate surface area is 160 Å². The van der Waals surface area contributed by atoms with E-state index in [-0.39, 0.29) is 11.4 Å².